The zero-order valence-corrected chi connectivity index (χ0v) is 12.5. The highest BCUT2D eigenvalue weighted by Gasteiger charge is 2.16. The maximum Gasteiger partial charge on any atom is 0.359 e. The van der Waals surface area contributed by atoms with Gasteiger partial charge in [-0.25, -0.2) is 9.48 Å². The van der Waals surface area contributed by atoms with Crippen LogP contribution in [0, 0.1) is 10.1 Å². The minimum absolute atomic E-state index is 0.0170. The molecular formula is C15H15N3O5. The van der Waals surface area contributed by atoms with Crippen molar-refractivity contribution in [3.63, 3.8) is 0 Å². The van der Waals surface area contributed by atoms with E-state index in [4.69, 9.17) is 4.74 Å². The van der Waals surface area contributed by atoms with E-state index in [1.807, 2.05) is 6.92 Å². The average Bonchev–Trinajstić information content (AvgIpc) is 2.55. The zero-order valence-electron chi connectivity index (χ0n) is 12.5. The lowest BCUT2D eigenvalue weighted by atomic mass is 10.2. The van der Waals surface area contributed by atoms with Gasteiger partial charge in [0.1, 0.15) is 6.61 Å². The molecule has 0 spiro atoms. The number of nitrogens with zero attached hydrogens (tertiary/aromatic N) is 3. The molecule has 0 aliphatic carbocycles. The molecule has 0 amide bonds. The van der Waals surface area contributed by atoms with Gasteiger partial charge in [-0.15, -0.1) is 0 Å². The standard InChI is InChI=1S/C15H15N3O5/c1-2-9-17-14(19)8-7-12(16-17)15(20)23-10-11-5-3-4-6-13(11)18(21)22/h3-8H,2,9-10H2,1H3. The third-order valence-corrected chi connectivity index (χ3v) is 3.06. The molecule has 1 aromatic carbocycles. The van der Waals surface area contributed by atoms with Gasteiger partial charge in [-0.2, -0.15) is 5.10 Å². The molecule has 2 aromatic rings. The van der Waals surface area contributed by atoms with E-state index in [1.54, 1.807) is 6.07 Å². The molecule has 0 unspecified atom stereocenters. The number of esters is 1. The molecule has 0 saturated carbocycles. The van der Waals surface area contributed by atoms with Crippen LogP contribution < -0.4 is 5.56 Å². The Hall–Kier alpha value is -3.03. The van der Waals surface area contributed by atoms with Crippen LogP contribution in [0.15, 0.2) is 41.2 Å². The molecule has 1 aromatic heterocycles. The monoisotopic (exact) mass is 317 g/mol. The lowest BCUT2D eigenvalue weighted by Gasteiger charge is -2.07. The van der Waals surface area contributed by atoms with E-state index in [0.29, 0.717) is 13.0 Å². The normalized spacial score (nSPS) is 10.3. The summed E-state index contributed by atoms with van der Waals surface area (Å²) in [5.74, 6) is -0.743. The van der Waals surface area contributed by atoms with Crippen molar-refractivity contribution in [3.8, 4) is 0 Å². The third kappa shape index (κ3) is 4.00. The Bertz CT molecular complexity index is 785. The number of carbonyl (C=O) groups excluding carboxylic acids is 1. The number of ether oxygens (including phenoxy) is 1. The largest absolute Gasteiger partial charge is 0.456 e. The first kappa shape index (κ1) is 16.3. The van der Waals surface area contributed by atoms with Crippen LogP contribution in [0.2, 0.25) is 0 Å². The molecule has 0 fully saturated rings. The molecule has 0 radical (unpaired) electrons. The fourth-order valence-corrected chi connectivity index (χ4v) is 1.96. The lowest BCUT2D eigenvalue weighted by molar-refractivity contribution is -0.385. The van der Waals surface area contributed by atoms with Crippen molar-refractivity contribution in [1.29, 1.82) is 0 Å². The van der Waals surface area contributed by atoms with Crippen LogP contribution >= 0.6 is 0 Å². The van der Waals surface area contributed by atoms with Crippen molar-refractivity contribution in [3.05, 3.63) is 68.1 Å². The van der Waals surface area contributed by atoms with Crippen molar-refractivity contribution in [2.75, 3.05) is 0 Å². The Morgan fingerprint density at radius 1 is 1.30 bits per heavy atom. The van der Waals surface area contributed by atoms with Gasteiger partial charge in [0, 0.05) is 18.7 Å². The van der Waals surface area contributed by atoms with E-state index < -0.39 is 10.9 Å². The molecule has 120 valence electrons. The number of benzene rings is 1. The molecule has 8 nitrogen and oxygen atoms in total. The highest BCUT2D eigenvalue weighted by atomic mass is 16.6. The highest BCUT2D eigenvalue weighted by Crippen LogP contribution is 2.18. The maximum atomic E-state index is 12.0. The number of para-hydroxylation sites is 1. The van der Waals surface area contributed by atoms with Gasteiger partial charge < -0.3 is 4.74 Å². The van der Waals surface area contributed by atoms with Crippen LogP contribution in [0.3, 0.4) is 0 Å². The SMILES string of the molecule is CCCn1nc(C(=O)OCc2ccccc2[N+](=O)[O-])ccc1=O. The van der Waals surface area contributed by atoms with Gasteiger partial charge in [-0.3, -0.25) is 14.9 Å². The van der Waals surface area contributed by atoms with Crippen LogP contribution in [0.5, 0.6) is 0 Å². The molecule has 0 atom stereocenters. The predicted molar refractivity (Wildman–Crippen MR) is 81.0 cm³/mol. The number of aryl methyl sites for hydroxylation is 1. The van der Waals surface area contributed by atoms with Crippen molar-refractivity contribution >= 4 is 11.7 Å². The molecule has 0 bridgehead atoms. The first-order valence-corrected chi connectivity index (χ1v) is 7.00. The van der Waals surface area contributed by atoms with Gasteiger partial charge in [0.2, 0.25) is 0 Å². The maximum absolute atomic E-state index is 12.0. The van der Waals surface area contributed by atoms with E-state index in [1.165, 1.54) is 35.0 Å². The fourth-order valence-electron chi connectivity index (χ4n) is 1.96. The number of hydrogen-bond donors (Lipinski definition) is 0. The molecule has 1 heterocycles. The summed E-state index contributed by atoms with van der Waals surface area (Å²) < 4.78 is 6.24. The molecule has 0 saturated heterocycles. The van der Waals surface area contributed by atoms with E-state index >= 15 is 0 Å². The van der Waals surface area contributed by atoms with Crippen LogP contribution in [-0.4, -0.2) is 20.7 Å². The summed E-state index contributed by atoms with van der Waals surface area (Å²) in [6.45, 7) is 2.03. The van der Waals surface area contributed by atoms with Crippen LogP contribution in [0.25, 0.3) is 0 Å². The second-order valence-corrected chi connectivity index (χ2v) is 4.74. The number of carbonyl (C=O) groups is 1. The van der Waals surface area contributed by atoms with E-state index in [-0.39, 0.29) is 29.1 Å². The molecule has 2 rings (SSSR count). The quantitative estimate of drug-likeness (QED) is 0.458. The Kier molecular flexibility index (Phi) is 5.19. The van der Waals surface area contributed by atoms with Crippen molar-refractivity contribution in [2.24, 2.45) is 0 Å². The molecule has 0 aliphatic heterocycles. The van der Waals surface area contributed by atoms with Crippen LogP contribution in [0.1, 0.15) is 29.4 Å². The third-order valence-electron chi connectivity index (χ3n) is 3.06. The summed E-state index contributed by atoms with van der Waals surface area (Å²) in [6, 6.07) is 8.52. The first-order chi connectivity index (χ1) is 11.0. The van der Waals surface area contributed by atoms with Crippen molar-refractivity contribution < 1.29 is 14.5 Å². The summed E-state index contributed by atoms with van der Waals surface area (Å²) in [5.41, 5.74) is -0.157. The second-order valence-electron chi connectivity index (χ2n) is 4.74. The van der Waals surface area contributed by atoms with Crippen LogP contribution in [-0.2, 0) is 17.9 Å². The van der Waals surface area contributed by atoms with Gasteiger partial charge in [-0.1, -0.05) is 19.1 Å². The number of nitro groups is 1. The molecule has 0 aliphatic rings. The zero-order chi connectivity index (χ0) is 16.8. The Morgan fingerprint density at radius 3 is 2.74 bits per heavy atom. The smallest absolute Gasteiger partial charge is 0.359 e. The van der Waals surface area contributed by atoms with Gasteiger partial charge in [-0.05, 0) is 18.6 Å². The fraction of sp³-hybridized carbons (Fsp3) is 0.267. The minimum Gasteiger partial charge on any atom is -0.456 e. The minimum atomic E-state index is -0.743. The van der Waals surface area contributed by atoms with E-state index in [2.05, 4.69) is 5.10 Å². The predicted octanol–water partition coefficient (Wildman–Crippen LogP) is 1.92. The molecule has 8 heteroatoms. The number of rotatable bonds is 6. The Morgan fingerprint density at radius 2 is 2.04 bits per heavy atom. The summed E-state index contributed by atoms with van der Waals surface area (Å²) in [4.78, 5) is 33.9. The number of nitro benzene ring substituents is 1. The van der Waals surface area contributed by atoms with Gasteiger partial charge >= 0.3 is 5.97 Å². The van der Waals surface area contributed by atoms with Gasteiger partial charge in [0.05, 0.1) is 10.5 Å². The highest BCUT2D eigenvalue weighted by molar-refractivity contribution is 5.86. The summed E-state index contributed by atoms with van der Waals surface area (Å²) in [6.07, 6.45) is 0.696. The average molecular weight is 317 g/mol. The van der Waals surface area contributed by atoms with Gasteiger partial charge in [0.15, 0.2) is 5.69 Å². The first-order valence-electron chi connectivity index (χ1n) is 7.00. The molecular weight excluding hydrogens is 302 g/mol. The van der Waals surface area contributed by atoms with E-state index in [0.717, 1.165) is 0 Å². The second kappa shape index (κ2) is 7.30. The van der Waals surface area contributed by atoms with Crippen molar-refractivity contribution in [2.45, 2.75) is 26.5 Å². The molecule has 23 heavy (non-hydrogen) atoms. The van der Waals surface area contributed by atoms with E-state index in [9.17, 15) is 19.7 Å². The van der Waals surface area contributed by atoms with Gasteiger partial charge in [0.25, 0.3) is 11.2 Å². The topological polar surface area (TPSA) is 104 Å². The molecule has 0 N–H and O–H groups in total. The lowest BCUT2D eigenvalue weighted by Crippen LogP contribution is -2.24. The summed E-state index contributed by atoms with van der Waals surface area (Å²) in [7, 11) is 0. The van der Waals surface area contributed by atoms with Crippen molar-refractivity contribution in [1.82, 2.24) is 9.78 Å². The number of aromatic nitrogens is 2. The number of hydrogen-bond acceptors (Lipinski definition) is 6. The Balaban J connectivity index is 2.13. The summed E-state index contributed by atoms with van der Waals surface area (Å²) in [5, 5.41) is 14.8. The van der Waals surface area contributed by atoms with Crippen LogP contribution in [0.4, 0.5) is 5.69 Å². The summed E-state index contributed by atoms with van der Waals surface area (Å²) >= 11 is 0. The Labute approximate surface area is 131 Å².